The Hall–Kier alpha value is -2.05. The van der Waals surface area contributed by atoms with Crippen LogP contribution in [0.1, 0.15) is 24.3 Å². The highest BCUT2D eigenvalue weighted by molar-refractivity contribution is 5.99. The van der Waals surface area contributed by atoms with Crippen molar-refractivity contribution in [1.29, 1.82) is 0 Å². The molecular weight excluding hydrogens is 210 g/mol. The molecule has 88 valence electrons. The lowest BCUT2D eigenvalue weighted by molar-refractivity contribution is -0.120. The number of nitrogens with zero attached hydrogens (tertiary/aromatic N) is 1. The Kier molecular flexibility index (Phi) is 3.49. The summed E-state index contributed by atoms with van der Waals surface area (Å²) in [5, 5.41) is 8.56. The molecule has 7 nitrogen and oxygen atoms in total. The van der Waals surface area contributed by atoms with Gasteiger partial charge >= 0.3 is 0 Å². The summed E-state index contributed by atoms with van der Waals surface area (Å²) in [5.41, 5.74) is 11.0. The molecule has 2 amide bonds. The number of nitrogens with two attached hydrogens (primary N) is 2. The summed E-state index contributed by atoms with van der Waals surface area (Å²) in [5.74, 6) is -1.17. The van der Waals surface area contributed by atoms with E-state index >= 15 is 0 Å². The molecular formula is C9H15N5O2. The lowest BCUT2D eigenvalue weighted by atomic mass is 10.0. The molecule has 0 spiro atoms. The van der Waals surface area contributed by atoms with Crippen molar-refractivity contribution in [3.05, 3.63) is 11.9 Å². The summed E-state index contributed by atoms with van der Waals surface area (Å²) >= 11 is 0. The maximum Gasteiger partial charge on any atom is 0.272 e. The van der Waals surface area contributed by atoms with Crippen LogP contribution in [0.5, 0.6) is 0 Å². The molecule has 1 unspecified atom stereocenters. The standard InChI is InChI=1S/C9H15N5O2/c1-4(2)6(8(11)15)13-9(16)7-5(10)3-12-14-7/h3-4,6H,10H2,1-2H3,(H2,11,15)(H,12,14)(H,13,16). The van der Waals surface area contributed by atoms with Crippen molar-refractivity contribution >= 4 is 17.5 Å². The number of aromatic nitrogens is 2. The first-order valence-electron chi connectivity index (χ1n) is 4.82. The number of H-pyrrole nitrogens is 1. The number of amides is 2. The highest BCUT2D eigenvalue weighted by atomic mass is 16.2. The normalized spacial score (nSPS) is 12.4. The second-order valence-electron chi connectivity index (χ2n) is 3.80. The molecule has 0 radical (unpaired) electrons. The predicted octanol–water partition coefficient (Wildman–Crippen LogP) is -0.768. The van der Waals surface area contributed by atoms with E-state index < -0.39 is 17.9 Å². The first kappa shape index (κ1) is 12.0. The molecule has 1 atom stereocenters. The molecule has 1 aromatic rings. The number of carbonyl (C=O) groups excluding carboxylic acids is 2. The Morgan fingerprint density at radius 1 is 1.50 bits per heavy atom. The third kappa shape index (κ3) is 2.50. The van der Waals surface area contributed by atoms with Crippen molar-refractivity contribution in [3.8, 4) is 0 Å². The zero-order valence-corrected chi connectivity index (χ0v) is 9.15. The average molecular weight is 225 g/mol. The van der Waals surface area contributed by atoms with E-state index in [4.69, 9.17) is 11.5 Å². The fourth-order valence-electron chi connectivity index (χ4n) is 1.26. The van der Waals surface area contributed by atoms with Crippen molar-refractivity contribution < 1.29 is 9.59 Å². The Labute approximate surface area is 92.6 Å². The molecule has 1 heterocycles. The van der Waals surface area contributed by atoms with Gasteiger partial charge in [-0.15, -0.1) is 0 Å². The van der Waals surface area contributed by atoms with Gasteiger partial charge in [0.15, 0.2) is 0 Å². The highest BCUT2D eigenvalue weighted by Crippen LogP contribution is 2.07. The Balaban J connectivity index is 2.77. The fraction of sp³-hybridized carbons (Fsp3) is 0.444. The van der Waals surface area contributed by atoms with Crippen molar-refractivity contribution in [2.75, 3.05) is 5.73 Å². The Morgan fingerprint density at radius 3 is 2.50 bits per heavy atom. The smallest absolute Gasteiger partial charge is 0.272 e. The molecule has 1 aromatic heterocycles. The molecule has 16 heavy (non-hydrogen) atoms. The number of anilines is 1. The number of hydrogen-bond acceptors (Lipinski definition) is 4. The fourth-order valence-corrected chi connectivity index (χ4v) is 1.26. The maximum absolute atomic E-state index is 11.7. The van der Waals surface area contributed by atoms with E-state index in [0.717, 1.165) is 0 Å². The van der Waals surface area contributed by atoms with Crippen LogP contribution in [0.15, 0.2) is 6.20 Å². The minimum atomic E-state index is -0.727. The summed E-state index contributed by atoms with van der Waals surface area (Å²) in [6, 6.07) is -0.727. The van der Waals surface area contributed by atoms with Gasteiger partial charge < -0.3 is 16.8 Å². The van der Waals surface area contributed by atoms with Crippen LogP contribution in [0.4, 0.5) is 5.69 Å². The third-order valence-electron chi connectivity index (χ3n) is 2.16. The minimum absolute atomic E-state index is 0.0920. The number of rotatable bonds is 4. The number of aromatic amines is 1. The van der Waals surface area contributed by atoms with Crippen molar-refractivity contribution in [2.45, 2.75) is 19.9 Å². The topological polar surface area (TPSA) is 127 Å². The van der Waals surface area contributed by atoms with Crippen LogP contribution >= 0.6 is 0 Å². The van der Waals surface area contributed by atoms with Gasteiger partial charge in [-0.1, -0.05) is 13.8 Å². The third-order valence-corrected chi connectivity index (χ3v) is 2.16. The maximum atomic E-state index is 11.7. The molecule has 0 aliphatic carbocycles. The van der Waals surface area contributed by atoms with Crippen LogP contribution < -0.4 is 16.8 Å². The molecule has 0 fully saturated rings. The monoisotopic (exact) mass is 225 g/mol. The number of hydrogen-bond donors (Lipinski definition) is 4. The molecule has 0 bridgehead atoms. The molecule has 0 aliphatic heterocycles. The molecule has 0 aliphatic rings. The number of carbonyl (C=O) groups is 2. The van der Waals surface area contributed by atoms with Crippen LogP contribution in [0.3, 0.4) is 0 Å². The average Bonchev–Trinajstić information content (AvgIpc) is 2.59. The van der Waals surface area contributed by atoms with Gasteiger partial charge in [-0.05, 0) is 5.92 Å². The lowest BCUT2D eigenvalue weighted by Crippen LogP contribution is -2.47. The van der Waals surface area contributed by atoms with E-state index in [1.807, 2.05) is 0 Å². The zero-order valence-electron chi connectivity index (χ0n) is 9.15. The van der Waals surface area contributed by atoms with E-state index in [1.165, 1.54) is 6.20 Å². The van der Waals surface area contributed by atoms with Crippen molar-refractivity contribution in [1.82, 2.24) is 15.5 Å². The highest BCUT2D eigenvalue weighted by Gasteiger charge is 2.23. The summed E-state index contributed by atoms with van der Waals surface area (Å²) < 4.78 is 0. The van der Waals surface area contributed by atoms with Gasteiger partial charge in [0.2, 0.25) is 5.91 Å². The number of nitrogen functional groups attached to an aromatic ring is 1. The zero-order chi connectivity index (χ0) is 12.3. The van der Waals surface area contributed by atoms with Crippen molar-refractivity contribution in [2.24, 2.45) is 11.7 Å². The van der Waals surface area contributed by atoms with Gasteiger partial charge in [0.1, 0.15) is 11.7 Å². The van der Waals surface area contributed by atoms with E-state index in [-0.39, 0.29) is 17.3 Å². The van der Waals surface area contributed by atoms with Crippen LogP contribution in [-0.2, 0) is 4.79 Å². The lowest BCUT2D eigenvalue weighted by Gasteiger charge is -2.18. The minimum Gasteiger partial charge on any atom is -0.396 e. The molecule has 0 saturated heterocycles. The molecule has 0 aromatic carbocycles. The van der Waals surface area contributed by atoms with Gasteiger partial charge in [-0.2, -0.15) is 5.10 Å². The predicted molar refractivity (Wildman–Crippen MR) is 58.3 cm³/mol. The van der Waals surface area contributed by atoms with E-state index in [9.17, 15) is 9.59 Å². The quantitative estimate of drug-likeness (QED) is 0.536. The van der Waals surface area contributed by atoms with Gasteiger partial charge in [0.05, 0.1) is 11.9 Å². The van der Waals surface area contributed by atoms with Crippen LogP contribution in [-0.4, -0.2) is 28.1 Å². The van der Waals surface area contributed by atoms with Crippen LogP contribution in [0.2, 0.25) is 0 Å². The number of primary amides is 1. The molecule has 0 saturated carbocycles. The summed E-state index contributed by atoms with van der Waals surface area (Å²) in [6.07, 6.45) is 1.32. The molecule has 6 N–H and O–H groups in total. The second kappa shape index (κ2) is 4.65. The first-order valence-corrected chi connectivity index (χ1v) is 4.82. The first-order chi connectivity index (χ1) is 7.43. The van der Waals surface area contributed by atoms with Crippen LogP contribution in [0.25, 0.3) is 0 Å². The van der Waals surface area contributed by atoms with Gasteiger partial charge in [0, 0.05) is 0 Å². The van der Waals surface area contributed by atoms with Gasteiger partial charge in [-0.3, -0.25) is 14.7 Å². The largest absolute Gasteiger partial charge is 0.396 e. The van der Waals surface area contributed by atoms with E-state index in [1.54, 1.807) is 13.8 Å². The summed E-state index contributed by atoms with van der Waals surface area (Å²) in [7, 11) is 0. The number of nitrogens with one attached hydrogen (secondary N) is 2. The van der Waals surface area contributed by atoms with Crippen molar-refractivity contribution in [3.63, 3.8) is 0 Å². The second-order valence-corrected chi connectivity index (χ2v) is 3.80. The van der Waals surface area contributed by atoms with Gasteiger partial charge in [0.25, 0.3) is 5.91 Å². The molecule has 1 rings (SSSR count). The van der Waals surface area contributed by atoms with E-state index in [0.29, 0.717) is 0 Å². The summed E-state index contributed by atoms with van der Waals surface area (Å²) in [4.78, 5) is 22.8. The van der Waals surface area contributed by atoms with Gasteiger partial charge in [-0.25, -0.2) is 0 Å². The summed E-state index contributed by atoms with van der Waals surface area (Å²) in [6.45, 7) is 3.57. The van der Waals surface area contributed by atoms with E-state index in [2.05, 4.69) is 15.5 Å². The van der Waals surface area contributed by atoms with Crippen LogP contribution in [0, 0.1) is 5.92 Å². The molecule has 7 heteroatoms. The Bertz CT molecular complexity index is 398. The Morgan fingerprint density at radius 2 is 2.12 bits per heavy atom. The SMILES string of the molecule is CC(C)C(NC(=O)c1[nH]ncc1N)C(N)=O.